The van der Waals surface area contributed by atoms with Crippen LogP contribution >= 0.6 is 0 Å². The number of nitrogens with zero attached hydrogens (tertiary/aromatic N) is 5. The molecule has 4 aromatic rings. The number of carbonyl (C=O) groups excluding carboxylic acids is 2. The maximum absolute atomic E-state index is 15.6. The number of ether oxygens (including phenoxy) is 2. The number of aromatic nitrogens is 3. The van der Waals surface area contributed by atoms with E-state index in [2.05, 4.69) is 25.6 Å². The largest absolute Gasteiger partial charge is 0.496 e. The minimum atomic E-state index is -1.46. The number of piperazine rings is 1. The van der Waals surface area contributed by atoms with Crippen LogP contribution in [0.5, 0.6) is 5.75 Å². The summed E-state index contributed by atoms with van der Waals surface area (Å²) in [6.45, 7) is 11.8. The summed E-state index contributed by atoms with van der Waals surface area (Å²) in [6, 6.07) is 8.28. The molecule has 2 aromatic heterocycles. The molecule has 3 heterocycles. The van der Waals surface area contributed by atoms with Crippen LogP contribution in [0.4, 0.5) is 29.9 Å². The third-order valence-corrected chi connectivity index (χ3v) is 7.85. The molecule has 1 aliphatic heterocycles. The van der Waals surface area contributed by atoms with E-state index in [9.17, 15) is 19.5 Å². The zero-order chi connectivity index (χ0) is 35.6. The van der Waals surface area contributed by atoms with Crippen molar-refractivity contribution in [3.05, 3.63) is 65.4 Å². The standard InChI is InChI=1S/C34H39F2N7O6/c1-19(2)42(33(47)49-34(3,4)5)18-20-13-24(35)29(25(36)14-20)26-16-23-27(17-38-26)43(32(45)46)40-30(23)39-31(44)22-8-7-21(15-28(22)48-6)41-11-9-37-10-12-41/h7-8,13-17,19,37H,9-12,18H2,1-6H3,(H,45,46)(H,39,40,44). The molecule has 1 saturated heterocycles. The number of anilines is 2. The maximum atomic E-state index is 15.6. The molecule has 0 bridgehead atoms. The van der Waals surface area contributed by atoms with Gasteiger partial charge in [0, 0.05) is 55.9 Å². The number of fused-ring (bicyclic) bond motifs is 1. The number of halogens is 2. The van der Waals surface area contributed by atoms with Gasteiger partial charge < -0.3 is 35.0 Å². The lowest BCUT2D eigenvalue weighted by Gasteiger charge is -2.30. The third kappa shape index (κ3) is 7.72. The highest BCUT2D eigenvalue weighted by molar-refractivity contribution is 6.10. The van der Waals surface area contributed by atoms with Crippen molar-refractivity contribution in [1.29, 1.82) is 0 Å². The molecular weight excluding hydrogens is 640 g/mol. The van der Waals surface area contributed by atoms with E-state index in [0.717, 1.165) is 50.2 Å². The number of carboxylic acid groups (broad SMARTS) is 1. The van der Waals surface area contributed by atoms with Gasteiger partial charge in [-0.1, -0.05) is 0 Å². The summed E-state index contributed by atoms with van der Waals surface area (Å²) in [5, 5.41) is 19.8. The number of rotatable bonds is 8. The third-order valence-electron chi connectivity index (χ3n) is 7.85. The minimum absolute atomic E-state index is 0.0186. The maximum Gasteiger partial charge on any atom is 0.432 e. The second-order valence-corrected chi connectivity index (χ2v) is 12.8. The zero-order valence-corrected chi connectivity index (χ0v) is 28.1. The smallest absolute Gasteiger partial charge is 0.432 e. The Bertz CT molecular complexity index is 1880. The topological polar surface area (TPSA) is 151 Å². The van der Waals surface area contributed by atoms with Crippen molar-refractivity contribution < 1.29 is 37.7 Å². The van der Waals surface area contributed by atoms with Crippen LogP contribution in [0.3, 0.4) is 0 Å². The quantitative estimate of drug-likeness (QED) is 0.211. The predicted molar refractivity (Wildman–Crippen MR) is 179 cm³/mol. The fraction of sp³-hybridized carbons (Fsp3) is 0.382. The normalized spacial score (nSPS) is 13.4. The lowest BCUT2D eigenvalue weighted by atomic mass is 10.0. The second kappa shape index (κ2) is 14.0. The van der Waals surface area contributed by atoms with E-state index in [1.807, 2.05) is 0 Å². The number of nitrogens with one attached hydrogen (secondary N) is 2. The lowest BCUT2D eigenvalue weighted by Crippen LogP contribution is -2.43. The Balaban J connectivity index is 1.46. The summed E-state index contributed by atoms with van der Waals surface area (Å²) >= 11 is 0. The van der Waals surface area contributed by atoms with E-state index in [-0.39, 0.29) is 46.1 Å². The lowest BCUT2D eigenvalue weighted by molar-refractivity contribution is 0.0171. The summed E-state index contributed by atoms with van der Waals surface area (Å²) < 4.78 is 42.8. The molecular formula is C34H39F2N7O6. The number of hydrogen-bond acceptors (Lipinski definition) is 9. The van der Waals surface area contributed by atoms with Gasteiger partial charge in [0.2, 0.25) is 0 Å². The second-order valence-electron chi connectivity index (χ2n) is 12.8. The Labute approximate surface area is 281 Å². The van der Waals surface area contributed by atoms with Gasteiger partial charge in [-0.3, -0.25) is 9.78 Å². The SMILES string of the molecule is COc1cc(N2CCNCC2)ccc1C(=O)Nc1nn(C(=O)O)c2cnc(-c3c(F)cc(CN(C(=O)OC(C)(C)C)C(C)C)cc3F)cc12. The summed E-state index contributed by atoms with van der Waals surface area (Å²) in [4.78, 5) is 45.9. The number of hydrogen-bond donors (Lipinski definition) is 3. The number of methoxy groups -OCH3 is 1. The first kappa shape index (κ1) is 35.0. The molecule has 15 heteroatoms. The van der Waals surface area contributed by atoms with E-state index >= 15 is 8.78 Å². The molecule has 0 unspecified atom stereocenters. The van der Waals surface area contributed by atoms with Crippen LogP contribution in [-0.2, 0) is 11.3 Å². The van der Waals surface area contributed by atoms with Gasteiger partial charge in [-0.15, -0.1) is 5.10 Å². The first-order chi connectivity index (χ1) is 23.2. The van der Waals surface area contributed by atoms with Gasteiger partial charge in [0.25, 0.3) is 5.91 Å². The average Bonchev–Trinajstić information content (AvgIpc) is 3.40. The van der Waals surface area contributed by atoms with Crippen molar-refractivity contribution in [1.82, 2.24) is 25.0 Å². The van der Waals surface area contributed by atoms with Crippen LogP contribution in [0.25, 0.3) is 22.2 Å². The van der Waals surface area contributed by atoms with E-state index in [1.54, 1.807) is 52.8 Å². The summed E-state index contributed by atoms with van der Waals surface area (Å²) in [6.07, 6.45) is -0.975. The van der Waals surface area contributed by atoms with Gasteiger partial charge in [-0.2, -0.15) is 4.68 Å². The highest BCUT2D eigenvalue weighted by Gasteiger charge is 2.27. The number of benzene rings is 2. The molecule has 0 spiro atoms. The van der Waals surface area contributed by atoms with Gasteiger partial charge in [0.05, 0.1) is 30.1 Å². The van der Waals surface area contributed by atoms with Crippen LogP contribution < -0.4 is 20.3 Å². The van der Waals surface area contributed by atoms with Crippen LogP contribution in [0.1, 0.15) is 50.5 Å². The van der Waals surface area contributed by atoms with E-state index in [1.165, 1.54) is 18.1 Å². The molecule has 1 fully saturated rings. The monoisotopic (exact) mass is 679 g/mol. The molecule has 13 nitrogen and oxygen atoms in total. The van der Waals surface area contributed by atoms with Crippen LogP contribution in [0.2, 0.25) is 0 Å². The van der Waals surface area contributed by atoms with Crippen LogP contribution in [0, 0.1) is 11.6 Å². The van der Waals surface area contributed by atoms with Crippen molar-refractivity contribution in [2.24, 2.45) is 0 Å². The molecule has 0 radical (unpaired) electrons. The molecule has 1 aliphatic rings. The van der Waals surface area contributed by atoms with E-state index in [0.29, 0.717) is 10.4 Å². The number of amides is 2. The van der Waals surface area contributed by atoms with Crippen molar-refractivity contribution in [2.75, 3.05) is 43.5 Å². The summed E-state index contributed by atoms with van der Waals surface area (Å²) in [5.74, 6) is -2.42. The van der Waals surface area contributed by atoms with Crippen molar-refractivity contribution in [3.63, 3.8) is 0 Å². The Morgan fingerprint density at radius 3 is 2.35 bits per heavy atom. The zero-order valence-electron chi connectivity index (χ0n) is 28.1. The fourth-order valence-corrected chi connectivity index (χ4v) is 5.49. The molecule has 49 heavy (non-hydrogen) atoms. The molecule has 3 N–H and O–H groups in total. The first-order valence-electron chi connectivity index (χ1n) is 15.7. The summed E-state index contributed by atoms with van der Waals surface area (Å²) in [7, 11) is 1.44. The van der Waals surface area contributed by atoms with Gasteiger partial charge in [0.1, 0.15) is 28.5 Å². The molecule has 5 rings (SSSR count). The van der Waals surface area contributed by atoms with Crippen LogP contribution in [0.15, 0.2) is 42.6 Å². The predicted octanol–water partition coefficient (Wildman–Crippen LogP) is 5.72. The van der Waals surface area contributed by atoms with Crippen molar-refractivity contribution >= 4 is 40.5 Å². The molecule has 0 saturated carbocycles. The molecule has 0 atom stereocenters. The molecule has 2 aromatic carbocycles. The molecule has 0 aliphatic carbocycles. The van der Waals surface area contributed by atoms with Crippen LogP contribution in [-0.4, -0.2) is 87.8 Å². The number of carbonyl (C=O) groups is 3. The van der Waals surface area contributed by atoms with Gasteiger partial charge >= 0.3 is 12.2 Å². The average molecular weight is 680 g/mol. The Kier molecular flexibility index (Phi) is 10.0. The van der Waals surface area contributed by atoms with Gasteiger partial charge in [0.15, 0.2) is 5.82 Å². The number of pyridine rings is 1. The molecule has 260 valence electrons. The Hall–Kier alpha value is -5.31. The van der Waals surface area contributed by atoms with Gasteiger partial charge in [-0.05, 0) is 70.5 Å². The van der Waals surface area contributed by atoms with E-state index in [4.69, 9.17) is 9.47 Å². The van der Waals surface area contributed by atoms with Crippen molar-refractivity contribution in [3.8, 4) is 17.0 Å². The first-order valence-corrected chi connectivity index (χ1v) is 15.7. The molecule has 2 amide bonds. The van der Waals surface area contributed by atoms with Crippen molar-refractivity contribution in [2.45, 2.75) is 52.8 Å². The Morgan fingerprint density at radius 1 is 1.08 bits per heavy atom. The highest BCUT2D eigenvalue weighted by Crippen LogP contribution is 2.33. The fourth-order valence-electron chi connectivity index (χ4n) is 5.49. The van der Waals surface area contributed by atoms with E-state index < -0.39 is 40.9 Å². The Morgan fingerprint density at radius 2 is 1.76 bits per heavy atom. The minimum Gasteiger partial charge on any atom is -0.496 e. The summed E-state index contributed by atoms with van der Waals surface area (Å²) in [5.41, 5.74) is -0.197. The highest BCUT2D eigenvalue weighted by atomic mass is 19.1. The van der Waals surface area contributed by atoms with Gasteiger partial charge in [-0.25, -0.2) is 18.4 Å².